The predicted octanol–water partition coefficient (Wildman–Crippen LogP) is 2.37. The van der Waals surface area contributed by atoms with Crippen LogP contribution in [0.5, 0.6) is 0 Å². The lowest BCUT2D eigenvalue weighted by Gasteiger charge is -2.18. The van der Waals surface area contributed by atoms with E-state index in [2.05, 4.69) is 0 Å². The fourth-order valence-corrected chi connectivity index (χ4v) is 2.51. The largest absolute Gasteiger partial charge is 0.772 e. The Morgan fingerprint density at radius 3 is 1.75 bits per heavy atom. The smallest absolute Gasteiger partial charge is 0.0215 e. The van der Waals surface area contributed by atoms with E-state index in [0.29, 0.717) is 0 Å². The van der Waals surface area contributed by atoms with Gasteiger partial charge in [-0.2, -0.15) is 0 Å². The zero-order valence-corrected chi connectivity index (χ0v) is 8.28. The van der Waals surface area contributed by atoms with Crippen molar-refractivity contribution in [1.82, 2.24) is 0 Å². The van der Waals surface area contributed by atoms with Crippen LogP contribution < -0.4 is 0 Å². The van der Waals surface area contributed by atoms with Crippen LogP contribution in [0.1, 0.15) is 51.4 Å². The van der Waals surface area contributed by atoms with Gasteiger partial charge in [0, 0.05) is 5.25 Å². The van der Waals surface area contributed by atoms with Crippen molar-refractivity contribution in [2.45, 2.75) is 56.6 Å². The second kappa shape index (κ2) is 5.70. The molecule has 1 unspecified atom stereocenters. The van der Waals surface area contributed by atoms with E-state index in [4.69, 9.17) is 0 Å². The van der Waals surface area contributed by atoms with Crippen LogP contribution in [-0.4, -0.2) is 14.0 Å². The van der Waals surface area contributed by atoms with E-state index in [1.807, 2.05) is 0 Å². The molecular formula is C9H17O2S-. The minimum Gasteiger partial charge on any atom is -0.772 e. The van der Waals surface area contributed by atoms with Gasteiger partial charge in [-0.25, -0.2) is 0 Å². The molecule has 0 aliphatic heterocycles. The third-order valence-electron chi connectivity index (χ3n) is 2.57. The Bertz CT molecular complexity index is 137. The second-order valence-electron chi connectivity index (χ2n) is 3.58. The maximum absolute atomic E-state index is 10.7. The molecule has 0 aromatic carbocycles. The van der Waals surface area contributed by atoms with Crippen molar-refractivity contribution in [1.29, 1.82) is 0 Å². The summed E-state index contributed by atoms with van der Waals surface area (Å²) in [4.78, 5) is 0. The fraction of sp³-hybridized carbons (Fsp3) is 1.00. The third-order valence-corrected chi connectivity index (χ3v) is 3.59. The predicted molar refractivity (Wildman–Crippen MR) is 49.6 cm³/mol. The molecule has 0 bridgehead atoms. The van der Waals surface area contributed by atoms with Gasteiger partial charge < -0.3 is 4.55 Å². The second-order valence-corrected chi connectivity index (χ2v) is 4.77. The zero-order chi connectivity index (χ0) is 8.81. The van der Waals surface area contributed by atoms with E-state index in [1.165, 1.54) is 25.7 Å². The van der Waals surface area contributed by atoms with Gasteiger partial charge in [0.05, 0.1) is 0 Å². The van der Waals surface area contributed by atoms with Crippen LogP contribution >= 0.6 is 0 Å². The molecule has 0 spiro atoms. The Morgan fingerprint density at radius 1 is 0.917 bits per heavy atom. The molecular weight excluding hydrogens is 172 g/mol. The third kappa shape index (κ3) is 3.68. The van der Waals surface area contributed by atoms with Crippen LogP contribution in [0.4, 0.5) is 0 Å². The van der Waals surface area contributed by atoms with E-state index in [9.17, 15) is 8.76 Å². The molecule has 0 aromatic heterocycles. The fourth-order valence-electron chi connectivity index (χ4n) is 1.79. The Hall–Kier alpha value is 0.110. The summed E-state index contributed by atoms with van der Waals surface area (Å²) in [6.45, 7) is 0. The topological polar surface area (TPSA) is 40.1 Å². The molecule has 1 atom stereocenters. The zero-order valence-electron chi connectivity index (χ0n) is 7.46. The molecule has 0 aromatic rings. The van der Waals surface area contributed by atoms with E-state index in [0.717, 1.165) is 25.7 Å². The molecule has 0 amide bonds. The van der Waals surface area contributed by atoms with Gasteiger partial charge in [0.15, 0.2) is 0 Å². The summed E-state index contributed by atoms with van der Waals surface area (Å²) in [5, 5.41) is -0.0527. The molecule has 12 heavy (non-hydrogen) atoms. The van der Waals surface area contributed by atoms with Crippen LogP contribution in [0.3, 0.4) is 0 Å². The minimum absolute atomic E-state index is 0.0527. The first-order valence-electron chi connectivity index (χ1n) is 4.89. The molecule has 1 saturated carbocycles. The summed E-state index contributed by atoms with van der Waals surface area (Å²) >= 11 is -1.83. The maximum Gasteiger partial charge on any atom is 0.0215 e. The van der Waals surface area contributed by atoms with Crippen molar-refractivity contribution in [3.05, 3.63) is 0 Å². The van der Waals surface area contributed by atoms with Crippen molar-refractivity contribution in [2.24, 2.45) is 0 Å². The summed E-state index contributed by atoms with van der Waals surface area (Å²) in [6, 6.07) is 0. The van der Waals surface area contributed by atoms with Gasteiger partial charge in [-0.15, -0.1) is 0 Å². The average Bonchev–Trinajstić information content (AvgIpc) is 2.15. The van der Waals surface area contributed by atoms with Gasteiger partial charge in [0.2, 0.25) is 0 Å². The normalized spacial score (nSPS) is 25.4. The average molecular weight is 189 g/mol. The van der Waals surface area contributed by atoms with Crippen molar-refractivity contribution < 1.29 is 8.76 Å². The first kappa shape index (κ1) is 10.2. The summed E-state index contributed by atoms with van der Waals surface area (Å²) in [7, 11) is 0. The van der Waals surface area contributed by atoms with Crippen LogP contribution in [0.2, 0.25) is 0 Å². The van der Waals surface area contributed by atoms with Crippen molar-refractivity contribution >= 4 is 11.1 Å². The Labute approximate surface area is 77.0 Å². The summed E-state index contributed by atoms with van der Waals surface area (Å²) < 4.78 is 21.5. The van der Waals surface area contributed by atoms with Crippen LogP contribution in [0, 0.1) is 0 Å². The molecule has 1 aliphatic rings. The van der Waals surface area contributed by atoms with E-state index < -0.39 is 11.1 Å². The quantitative estimate of drug-likeness (QED) is 0.594. The highest BCUT2D eigenvalue weighted by Crippen LogP contribution is 2.19. The van der Waals surface area contributed by atoms with Gasteiger partial charge in [-0.3, -0.25) is 4.21 Å². The van der Waals surface area contributed by atoms with Crippen LogP contribution in [-0.2, 0) is 11.1 Å². The van der Waals surface area contributed by atoms with Crippen molar-refractivity contribution in [2.75, 3.05) is 0 Å². The van der Waals surface area contributed by atoms with Gasteiger partial charge in [0.1, 0.15) is 0 Å². The number of hydrogen-bond donors (Lipinski definition) is 0. The molecule has 0 N–H and O–H groups in total. The molecule has 1 rings (SSSR count). The molecule has 2 nitrogen and oxygen atoms in total. The summed E-state index contributed by atoms with van der Waals surface area (Å²) in [6.07, 6.45) is 8.97. The lowest BCUT2D eigenvalue weighted by atomic mass is 10.1. The lowest BCUT2D eigenvalue weighted by Crippen LogP contribution is -2.14. The maximum atomic E-state index is 10.7. The highest BCUT2D eigenvalue weighted by molar-refractivity contribution is 7.79. The highest BCUT2D eigenvalue weighted by atomic mass is 32.2. The first-order valence-corrected chi connectivity index (χ1v) is 6.02. The molecule has 0 heterocycles. The highest BCUT2D eigenvalue weighted by Gasteiger charge is 2.10. The van der Waals surface area contributed by atoms with Gasteiger partial charge >= 0.3 is 0 Å². The van der Waals surface area contributed by atoms with E-state index >= 15 is 0 Å². The van der Waals surface area contributed by atoms with Crippen molar-refractivity contribution in [3.8, 4) is 0 Å². The van der Waals surface area contributed by atoms with Gasteiger partial charge in [-0.05, 0) is 12.8 Å². The van der Waals surface area contributed by atoms with Crippen molar-refractivity contribution in [3.63, 3.8) is 0 Å². The van der Waals surface area contributed by atoms with Gasteiger partial charge in [0.25, 0.3) is 0 Å². The Morgan fingerprint density at radius 2 is 1.33 bits per heavy atom. The molecule has 1 aliphatic carbocycles. The molecule has 3 heteroatoms. The molecule has 0 saturated heterocycles. The van der Waals surface area contributed by atoms with E-state index in [-0.39, 0.29) is 5.25 Å². The SMILES string of the molecule is O=S([O-])C1CCCCCCCC1. The van der Waals surface area contributed by atoms with Crippen LogP contribution in [0.15, 0.2) is 0 Å². The molecule has 0 radical (unpaired) electrons. The summed E-state index contributed by atoms with van der Waals surface area (Å²) in [5.41, 5.74) is 0. The Balaban J connectivity index is 2.33. The molecule has 72 valence electrons. The monoisotopic (exact) mass is 189 g/mol. The standard InChI is InChI=1S/C9H18O2S/c10-12(11)9-7-5-3-1-2-4-6-8-9/h9H,1-8H2,(H,10,11)/p-1. The number of rotatable bonds is 1. The van der Waals surface area contributed by atoms with E-state index in [1.54, 1.807) is 0 Å². The Kier molecular flexibility index (Phi) is 4.84. The van der Waals surface area contributed by atoms with Gasteiger partial charge in [-0.1, -0.05) is 49.6 Å². The minimum atomic E-state index is -1.83. The molecule has 1 fully saturated rings. The lowest BCUT2D eigenvalue weighted by molar-refractivity contribution is 0.501. The summed E-state index contributed by atoms with van der Waals surface area (Å²) in [5.74, 6) is 0. The number of hydrogen-bond acceptors (Lipinski definition) is 2. The first-order chi connectivity index (χ1) is 5.80. The van der Waals surface area contributed by atoms with Crippen LogP contribution in [0.25, 0.3) is 0 Å².